The van der Waals surface area contributed by atoms with Crippen LogP contribution in [-0.2, 0) is 0 Å². The summed E-state index contributed by atoms with van der Waals surface area (Å²) in [5.41, 5.74) is 0.333. The highest BCUT2D eigenvalue weighted by atomic mass is 19.4. The van der Waals surface area contributed by atoms with Crippen LogP contribution in [0.3, 0.4) is 0 Å². The van der Waals surface area contributed by atoms with E-state index in [2.05, 4.69) is 35.7 Å². The smallest absolute Gasteiger partial charge is 0.422 e. The van der Waals surface area contributed by atoms with E-state index in [1.54, 1.807) is 4.90 Å². The number of nitrogens with zero attached hydrogens (tertiary/aromatic N) is 3. The van der Waals surface area contributed by atoms with Gasteiger partial charge in [0.1, 0.15) is 0 Å². The van der Waals surface area contributed by atoms with Crippen LogP contribution in [0, 0.1) is 11.3 Å². The minimum Gasteiger partial charge on any atom is -0.467 e. The normalized spacial score (nSPS) is 17.9. The zero-order valence-corrected chi connectivity index (χ0v) is 14.1. The van der Waals surface area contributed by atoms with Crippen molar-refractivity contribution < 1.29 is 22.7 Å². The molecular weight excluding hydrogens is 323 g/mol. The molecule has 0 aliphatic carbocycles. The first-order valence-corrected chi connectivity index (χ1v) is 7.93. The first kappa shape index (κ1) is 18.5. The molecule has 1 fully saturated rings. The lowest BCUT2D eigenvalue weighted by Crippen LogP contribution is -2.44. The Hall–Kier alpha value is -1.86. The van der Waals surface area contributed by atoms with Gasteiger partial charge in [-0.05, 0) is 30.2 Å². The molecule has 2 heterocycles. The van der Waals surface area contributed by atoms with Crippen LogP contribution in [-0.4, -0.2) is 46.9 Å². The van der Waals surface area contributed by atoms with Crippen LogP contribution in [0.15, 0.2) is 12.1 Å². The van der Waals surface area contributed by atoms with Crippen molar-refractivity contribution in [1.82, 2.24) is 15.1 Å². The van der Waals surface area contributed by atoms with Crippen molar-refractivity contribution in [2.45, 2.75) is 39.8 Å². The van der Waals surface area contributed by atoms with E-state index in [1.165, 1.54) is 12.1 Å². The van der Waals surface area contributed by atoms with E-state index in [0.717, 1.165) is 12.8 Å². The van der Waals surface area contributed by atoms with Gasteiger partial charge in [0.25, 0.3) is 5.91 Å². The molecule has 5 nitrogen and oxygen atoms in total. The van der Waals surface area contributed by atoms with Crippen LogP contribution in [0.25, 0.3) is 0 Å². The second-order valence-corrected chi connectivity index (χ2v) is 6.76. The number of alkyl halides is 3. The minimum atomic E-state index is -4.44. The molecule has 1 aliphatic rings. The number of aromatic nitrogens is 2. The van der Waals surface area contributed by atoms with Gasteiger partial charge in [0, 0.05) is 19.2 Å². The lowest BCUT2D eigenvalue weighted by atomic mass is 9.72. The molecule has 0 unspecified atom stereocenters. The highest BCUT2D eigenvalue weighted by Gasteiger charge is 2.35. The fraction of sp³-hybridized carbons (Fsp3) is 0.688. The van der Waals surface area contributed by atoms with Gasteiger partial charge in [-0.15, -0.1) is 10.2 Å². The van der Waals surface area contributed by atoms with E-state index in [1.807, 2.05) is 0 Å². The summed E-state index contributed by atoms with van der Waals surface area (Å²) in [5, 5.41) is 7.23. The topological polar surface area (TPSA) is 55.3 Å². The summed E-state index contributed by atoms with van der Waals surface area (Å²) >= 11 is 0. The maximum atomic E-state index is 12.4. The number of hydrogen-bond acceptors (Lipinski definition) is 4. The Kier molecular flexibility index (Phi) is 5.35. The largest absolute Gasteiger partial charge is 0.467 e. The SMILES string of the molecule is CC(C)C1(C)CCN(C(=O)c2ccc(OCC(F)(F)F)nn2)CC1. The fourth-order valence-electron chi connectivity index (χ4n) is 2.63. The lowest BCUT2D eigenvalue weighted by Gasteiger charge is -2.42. The van der Waals surface area contributed by atoms with Gasteiger partial charge in [0.2, 0.25) is 5.88 Å². The molecular formula is C16H22F3N3O2. The van der Waals surface area contributed by atoms with Crippen molar-refractivity contribution in [3.63, 3.8) is 0 Å². The third-order valence-electron chi connectivity index (χ3n) is 4.83. The molecule has 1 aliphatic heterocycles. The maximum Gasteiger partial charge on any atom is 0.422 e. The van der Waals surface area contributed by atoms with Crippen molar-refractivity contribution in [2.24, 2.45) is 11.3 Å². The highest BCUT2D eigenvalue weighted by molar-refractivity contribution is 5.92. The van der Waals surface area contributed by atoms with Gasteiger partial charge in [-0.25, -0.2) is 0 Å². The Labute approximate surface area is 139 Å². The minimum absolute atomic E-state index is 0.113. The molecule has 2 rings (SSSR count). The van der Waals surface area contributed by atoms with Crippen LogP contribution >= 0.6 is 0 Å². The average molecular weight is 345 g/mol. The second-order valence-electron chi connectivity index (χ2n) is 6.76. The molecule has 134 valence electrons. The van der Waals surface area contributed by atoms with E-state index >= 15 is 0 Å². The summed E-state index contributed by atoms with van der Waals surface area (Å²) in [4.78, 5) is 14.1. The Morgan fingerprint density at radius 2 is 1.92 bits per heavy atom. The first-order valence-electron chi connectivity index (χ1n) is 7.93. The molecule has 0 bridgehead atoms. The quantitative estimate of drug-likeness (QED) is 0.840. The summed E-state index contributed by atoms with van der Waals surface area (Å²) < 4.78 is 40.7. The maximum absolute atomic E-state index is 12.4. The van der Waals surface area contributed by atoms with Crippen LogP contribution in [0.5, 0.6) is 5.88 Å². The van der Waals surface area contributed by atoms with Crippen molar-refractivity contribution in [3.8, 4) is 5.88 Å². The van der Waals surface area contributed by atoms with Gasteiger partial charge >= 0.3 is 6.18 Å². The predicted molar refractivity (Wildman–Crippen MR) is 81.7 cm³/mol. The fourth-order valence-corrected chi connectivity index (χ4v) is 2.63. The summed E-state index contributed by atoms with van der Waals surface area (Å²) in [6.07, 6.45) is -2.61. The molecule has 1 amide bonds. The number of ether oxygens (including phenoxy) is 1. The van der Waals surface area contributed by atoms with Gasteiger partial charge in [0.15, 0.2) is 12.3 Å². The lowest BCUT2D eigenvalue weighted by molar-refractivity contribution is -0.154. The number of rotatable bonds is 4. The summed E-state index contributed by atoms with van der Waals surface area (Å²) in [5.74, 6) is 0.0326. The monoisotopic (exact) mass is 345 g/mol. The number of amides is 1. The van der Waals surface area contributed by atoms with Crippen LogP contribution in [0.4, 0.5) is 13.2 Å². The summed E-state index contributed by atoms with van der Waals surface area (Å²) in [7, 11) is 0. The molecule has 0 spiro atoms. The molecule has 0 radical (unpaired) electrons. The third kappa shape index (κ3) is 4.58. The third-order valence-corrected chi connectivity index (χ3v) is 4.83. The van der Waals surface area contributed by atoms with Crippen molar-refractivity contribution in [2.75, 3.05) is 19.7 Å². The Bertz CT molecular complexity index is 565. The number of piperidine rings is 1. The zero-order chi connectivity index (χ0) is 18.0. The van der Waals surface area contributed by atoms with Gasteiger partial charge < -0.3 is 9.64 Å². The first-order chi connectivity index (χ1) is 11.1. The predicted octanol–water partition coefficient (Wildman–Crippen LogP) is 3.32. The highest BCUT2D eigenvalue weighted by Crippen LogP contribution is 2.38. The second kappa shape index (κ2) is 6.94. The van der Waals surface area contributed by atoms with E-state index in [4.69, 9.17) is 0 Å². The van der Waals surface area contributed by atoms with Crippen molar-refractivity contribution in [3.05, 3.63) is 17.8 Å². The number of likely N-dealkylation sites (tertiary alicyclic amines) is 1. The molecule has 24 heavy (non-hydrogen) atoms. The van der Waals surface area contributed by atoms with E-state index in [0.29, 0.717) is 19.0 Å². The van der Waals surface area contributed by atoms with Crippen molar-refractivity contribution >= 4 is 5.91 Å². The molecule has 1 aromatic rings. The molecule has 1 saturated heterocycles. The summed E-state index contributed by atoms with van der Waals surface area (Å²) in [6.45, 7) is 6.44. The van der Waals surface area contributed by atoms with Crippen LogP contribution in [0.2, 0.25) is 0 Å². The van der Waals surface area contributed by atoms with Crippen LogP contribution < -0.4 is 4.74 Å². The van der Waals surface area contributed by atoms with Gasteiger partial charge in [-0.2, -0.15) is 13.2 Å². The Morgan fingerprint density at radius 3 is 2.38 bits per heavy atom. The molecule has 0 saturated carbocycles. The number of carbonyl (C=O) groups excluding carboxylic acids is 1. The molecule has 0 aromatic carbocycles. The van der Waals surface area contributed by atoms with Crippen LogP contribution in [0.1, 0.15) is 44.1 Å². The molecule has 0 N–H and O–H groups in total. The zero-order valence-electron chi connectivity index (χ0n) is 14.1. The number of hydrogen-bond donors (Lipinski definition) is 0. The molecule has 8 heteroatoms. The standard InChI is InChI=1S/C16H22F3N3O2/c1-11(2)15(3)6-8-22(9-7-15)14(23)12-4-5-13(21-20-12)24-10-16(17,18)19/h4-5,11H,6-10H2,1-3H3. The molecule has 0 atom stereocenters. The summed E-state index contributed by atoms with van der Waals surface area (Å²) in [6, 6.07) is 2.57. The van der Waals surface area contributed by atoms with Gasteiger partial charge in [-0.3, -0.25) is 4.79 Å². The van der Waals surface area contributed by atoms with E-state index < -0.39 is 12.8 Å². The number of halogens is 3. The number of carbonyl (C=O) groups is 1. The van der Waals surface area contributed by atoms with Crippen molar-refractivity contribution in [1.29, 1.82) is 0 Å². The Balaban J connectivity index is 1.94. The van der Waals surface area contributed by atoms with Gasteiger partial charge in [-0.1, -0.05) is 20.8 Å². The molecule has 1 aromatic heterocycles. The van der Waals surface area contributed by atoms with E-state index in [-0.39, 0.29) is 22.9 Å². The average Bonchev–Trinajstić information content (AvgIpc) is 2.53. The Morgan fingerprint density at radius 1 is 1.29 bits per heavy atom. The van der Waals surface area contributed by atoms with Gasteiger partial charge in [0.05, 0.1) is 0 Å². The van der Waals surface area contributed by atoms with E-state index in [9.17, 15) is 18.0 Å².